The number of nitrogens with one attached hydrogen (secondary N) is 1. The highest BCUT2D eigenvalue weighted by atomic mass is 16.5. The molecule has 0 aliphatic carbocycles. The van der Waals surface area contributed by atoms with Crippen LogP contribution in [0, 0.1) is 11.3 Å². The molecule has 1 unspecified atom stereocenters. The van der Waals surface area contributed by atoms with Crippen LogP contribution in [0.5, 0.6) is 0 Å². The molecule has 74 valence electrons. The molecular weight excluding hydrogens is 174 g/mol. The van der Waals surface area contributed by atoms with Gasteiger partial charge in [-0.2, -0.15) is 0 Å². The van der Waals surface area contributed by atoms with Crippen LogP contribution in [0.25, 0.3) is 0 Å². The van der Waals surface area contributed by atoms with Crippen LogP contribution in [0.15, 0.2) is 24.3 Å². The zero-order valence-electron chi connectivity index (χ0n) is 8.79. The van der Waals surface area contributed by atoms with Crippen molar-refractivity contribution in [3.05, 3.63) is 35.4 Å². The Balaban J connectivity index is 2.59. The largest absolute Gasteiger partial charge is 0.466 e. The van der Waals surface area contributed by atoms with Crippen molar-refractivity contribution in [1.29, 1.82) is 5.41 Å². The van der Waals surface area contributed by atoms with Gasteiger partial charge in [0.15, 0.2) is 0 Å². The highest BCUT2D eigenvalue weighted by molar-refractivity contribution is 5.96. The number of rotatable bonds is 1. The molecule has 2 rings (SSSR count). The summed E-state index contributed by atoms with van der Waals surface area (Å²) in [6, 6.07) is 7.95. The van der Waals surface area contributed by atoms with E-state index in [1.807, 2.05) is 18.2 Å². The molecule has 0 fully saturated rings. The van der Waals surface area contributed by atoms with E-state index in [1.165, 1.54) is 0 Å². The van der Waals surface area contributed by atoms with E-state index in [2.05, 4.69) is 26.8 Å². The second kappa shape index (κ2) is 2.84. The molecule has 0 saturated heterocycles. The smallest absolute Gasteiger partial charge is 0.214 e. The molecule has 1 heterocycles. The Morgan fingerprint density at radius 1 is 1.29 bits per heavy atom. The van der Waals surface area contributed by atoms with Crippen molar-refractivity contribution in [1.82, 2.24) is 0 Å². The molecule has 1 aliphatic rings. The summed E-state index contributed by atoms with van der Waals surface area (Å²) in [5, 5.41) is 7.76. The van der Waals surface area contributed by atoms with Gasteiger partial charge in [0.05, 0.1) is 0 Å². The second-order valence-corrected chi connectivity index (χ2v) is 4.24. The van der Waals surface area contributed by atoms with Crippen LogP contribution >= 0.6 is 0 Å². The lowest BCUT2D eigenvalue weighted by molar-refractivity contribution is 0.0372. The second-order valence-electron chi connectivity index (χ2n) is 4.24. The maximum Gasteiger partial charge on any atom is 0.214 e. The van der Waals surface area contributed by atoms with Crippen LogP contribution in [-0.2, 0) is 10.3 Å². The van der Waals surface area contributed by atoms with Crippen molar-refractivity contribution in [2.24, 2.45) is 5.92 Å². The highest BCUT2D eigenvalue weighted by Gasteiger charge is 2.41. The molecule has 1 atom stereocenters. The van der Waals surface area contributed by atoms with Gasteiger partial charge in [0.1, 0.15) is 5.60 Å². The predicted octanol–water partition coefficient (Wildman–Crippen LogP) is 2.91. The molecule has 1 aliphatic heterocycles. The van der Waals surface area contributed by atoms with Crippen molar-refractivity contribution in [3.8, 4) is 0 Å². The van der Waals surface area contributed by atoms with Gasteiger partial charge >= 0.3 is 0 Å². The number of ether oxygens (including phenoxy) is 1. The van der Waals surface area contributed by atoms with Crippen LogP contribution in [0.3, 0.4) is 0 Å². The summed E-state index contributed by atoms with van der Waals surface area (Å²) in [6.45, 7) is 6.29. The summed E-state index contributed by atoms with van der Waals surface area (Å²) in [4.78, 5) is 0. The molecule has 0 bridgehead atoms. The predicted molar refractivity (Wildman–Crippen MR) is 56.5 cm³/mol. The third kappa shape index (κ3) is 1.07. The molecule has 1 aromatic rings. The molecule has 0 spiro atoms. The van der Waals surface area contributed by atoms with Gasteiger partial charge in [0.2, 0.25) is 5.90 Å². The van der Waals surface area contributed by atoms with E-state index in [4.69, 9.17) is 10.1 Å². The minimum Gasteiger partial charge on any atom is -0.466 e. The number of fused-ring (bicyclic) bond motifs is 1. The summed E-state index contributed by atoms with van der Waals surface area (Å²) in [5.41, 5.74) is 1.75. The summed E-state index contributed by atoms with van der Waals surface area (Å²) in [5.74, 6) is 0.670. The lowest BCUT2D eigenvalue weighted by atomic mass is 9.84. The van der Waals surface area contributed by atoms with E-state index in [0.29, 0.717) is 11.8 Å². The van der Waals surface area contributed by atoms with Crippen molar-refractivity contribution < 1.29 is 4.74 Å². The number of benzene rings is 1. The van der Waals surface area contributed by atoms with Crippen molar-refractivity contribution in [3.63, 3.8) is 0 Å². The molecule has 0 saturated carbocycles. The van der Waals surface area contributed by atoms with Crippen molar-refractivity contribution in [2.45, 2.75) is 26.4 Å². The first-order valence-electron chi connectivity index (χ1n) is 4.93. The van der Waals surface area contributed by atoms with Gasteiger partial charge in [0.25, 0.3) is 0 Å². The van der Waals surface area contributed by atoms with Gasteiger partial charge in [0, 0.05) is 11.1 Å². The molecule has 0 aromatic heterocycles. The van der Waals surface area contributed by atoms with Crippen molar-refractivity contribution in [2.75, 3.05) is 0 Å². The zero-order valence-corrected chi connectivity index (χ0v) is 8.79. The van der Waals surface area contributed by atoms with Crippen molar-refractivity contribution >= 4 is 5.90 Å². The minimum atomic E-state index is -0.326. The Hall–Kier alpha value is -1.31. The fraction of sp³-hybridized carbons (Fsp3) is 0.417. The van der Waals surface area contributed by atoms with Gasteiger partial charge in [-0.1, -0.05) is 32.0 Å². The fourth-order valence-electron chi connectivity index (χ4n) is 1.86. The number of hydrogen-bond acceptors (Lipinski definition) is 2. The van der Waals surface area contributed by atoms with E-state index >= 15 is 0 Å². The summed E-state index contributed by atoms with van der Waals surface area (Å²) in [7, 11) is 0. The molecule has 0 radical (unpaired) electrons. The lowest BCUT2D eigenvalue weighted by Crippen LogP contribution is -2.28. The fourth-order valence-corrected chi connectivity index (χ4v) is 1.86. The SMILES string of the molecule is CC(C)C1(C)OC(=N)c2ccccc21. The van der Waals surface area contributed by atoms with Gasteiger partial charge in [-0.3, -0.25) is 5.41 Å². The molecule has 1 N–H and O–H groups in total. The quantitative estimate of drug-likeness (QED) is 0.724. The topological polar surface area (TPSA) is 33.1 Å². The Morgan fingerprint density at radius 2 is 1.93 bits per heavy atom. The molecule has 14 heavy (non-hydrogen) atoms. The third-order valence-corrected chi connectivity index (χ3v) is 3.12. The van der Waals surface area contributed by atoms with Crippen LogP contribution in [0.2, 0.25) is 0 Å². The minimum absolute atomic E-state index is 0.303. The highest BCUT2D eigenvalue weighted by Crippen LogP contribution is 2.41. The molecular formula is C12H15NO. The Kier molecular flexibility index (Phi) is 1.88. The molecule has 0 amide bonds. The van der Waals surface area contributed by atoms with Crippen LogP contribution in [0.4, 0.5) is 0 Å². The van der Waals surface area contributed by atoms with Crippen LogP contribution < -0.4 is 0 Å². The van der Waals surface area contributed by atoms with E-state index in [9.17, 15) is 0 Å². The van der Waals surface area contributed by atoms with Crippen LogP contribution in [-0.4, -0.2) is 5.90 Å². The van der Waals surface area contributed by atoms with Gasteiger partial charge in [-0.05, 0) is 18.9 Å². The van der Waals surface area contributed by atoms with Gasteiger partial charge < -0.3 is 4.74 Å². The maximum atomic E-state index is 7.76. The van der Waals surface area contributed by atoms with E-state index in [0.717, 1.165) is 11.1 Å². The van der Waals surface area contributed by atoms with Gasteiger partial charge in [-0.15, -0.1) is 0 Å². The molecule has 2 heteroatoms. The normalized spacial score (nSPS) is 25.0. The number of hydrogen-bond donors (Lipinski definition) is 1. The first-order chi connectivity index (χ1) is 6.55. The maximum absolute atomic E-state index is 7.76. The Bertz CT molecular complexity index is 384. The standard InChI is InChI=1S/C12H15NO/c1-8(2)12(3)10-7-5-4-6-9(10)11(13)14-12/h4-8,13H,1-3H3. The first-order valence-corrected chi connectivity index (χ1v) is 4.93. The van der Waals surface area contributed by atoms with E-state index in [-0.39, 0.29) is 5.60 Å². The monoisotopic (exact) mass is 189 g/mol. The zero-order chi connectivity index (χ0) is 10.3. The molecule has 1 aromatic carbocycles. The van der Waals surface area contributed by atoms with E-state index in [1.54, 1.807) is 0 Å². The summed E-state index contributed by atoms with van der Waals surface area (Å²) in [6.07, 6.45) is 0. The average Bonchev–Trinajstić information content (AvgIpc) is 2.42. The Labute approximate surface area is 84.4 Å². The van der Waals surface area contributed by atoms with Gasteiger partial charge in [-0.25, -0.2) is 0 Å². The summed E-state index contributed by atoms with van der Waals surface area (Å²) < 4.78 is 5.66. The Morgan fingerprint density at radius 3 is 2.57 bits per heavy atom. The third-order valence-electron chi connectivity index (χ3n) is 3.12. The lowest BCUT2D eigenvalue weighted by Gasteiger charge is -2.28. The van der Waals surface area contributed by atoms with Crippen LogP contribution in [0.1, 0.15) is 31.9 Å². The average molecular weight is 189 g/mol. The van der Waals surface area contributed by atoms with E-state index < -0.39 is 0 Å². The first kappa shape index (κ1) is 9.25. The summed E-state index contributed by atoms with van der Waals surface area (Å²) >= 11 is 0. The molecule has 2 nitrogen and oxygen atoms in total.